The van der Waals surface area contributed by atoms with E-state index in [2.05, 4.69) is 10.3 Å². The molecule has 1 unspecified atom stereocenters. The number of rotatable bonds is 7. The van der Waals surface area contributed by atoms with Crippen molar-refractivity contribution < 1.29 is 23.6 Å². The van der Waals surface area contributed by atoms with Gasteiger partial charge in [-0.05, 0) is 36.6 Å². The lowest BCUT2D eigenvalue weighted by atomic mass is 9.75. The molecule has 3 atom stereocenters. The van der Waals surface area contributed by atoms with Crippen LogP contribution in [0.1, 0.15) is 29.7 Å². The Morgan fingerprint density at radius 1 is 1.30 bits per heavy atom. The molecule has 3 rings (SSSR count). The zero-order chi connectivity index (χ0) is 21.9. The number of aliphatic hydroxyl groups is 2. The van der Waals surface area contributed by atoms with Crippen LogP contribution >= 0.6 is 23.2 Å². The Morgan fingerprint density at radius 2 is 2.07 bits per heavy atom. The topological polar surface area (TPSA) is 99.5 Å². The number of nitrogens with zero attached hydrogens (tertiary/aromatic N) is 1. The number of carbonyl (C=O) groups excluding carboxylic acids is 1. The first-order valence-electron chi connectivity index (χ1n) is 9.25. The van der Waals surface area contributed by atoms with E-state index in [1.165, 1.54) is 24.4 Å². The van der Waals surface area contributed by atoms with E-state index >= 15 is 4.39 Å². The van der Waals surface area contributed by atoms with Crippen LogP contribution in [0.15, 0.2) is 36.5 Å². The molecule has 0 bridgehead atoms. The van der Waals surface area contributed by atoms with Crippen molar-refractivity contribution in [3.05, 3.63) is 63.4 Å². The number of benzene rings is 1. The van der Waals surface area contributed by atoms with Crippen molar-refractivity contribution >= 4 is 39.9 Å². The van der Waals surface area contributed by atoms with Gasteiger partial charge < -0.3 is 15.5 Å². The lowest BCUT2D eigenvalue weighted by Crippen LogP contribution is -2.49. The van der Waals surface area contributed by atoms with Crippen LogP contribution in [0.4, 0.5) is 4.39 Å². The molecular weight excluding hydrogens is 454 g/mol. The zero-order valence-electron chi connectivity index (χ0n) is 15.9. The predicted molar refractivity (Wildman–Crippen MR) is 113 cm³/mol. The second-order valence-electron chi connectivity index (χ2n) is 7.16. The van der Waals surface area contributed by atoms with Gasteiger partial charge in [-0.25, -0.2) is 4.39 Å². The van der Waals surface area contributed by atoms with Crippen LogP contribution in [-0.4, -0.2) is 43.4 Å². The summed E-state index contributed by atoms with van der Waals surface area (Å²) in [7, 11) is -1.52. The van der Waals surface area contributed by atoms with Gasteiger partial charge in [-0.15, -0.1) is 0 Å². The van der Waals surface area contributed by atoms with Crippen LogP contribution in [-0.2, 0) is 33.4 Å². The van der Waals surface area contributed by atoms with Crippen molar-refractivity contribution in [2.45, 2.75) is 30.7 Å². The Hall–Kier alpha value is -1.58. The number of halogens is 3. The molecular formula is C20H21Cl2FN2O4S. The number of nitrogens with one attached hydrogen (secondary N) is 1. The molecule has 1 aliphatic carbocycles. The highest BCUT2D eigenvalue weighted by atomic mass is 35.5. The van der Waals surface area contributed by atoms with Crippen molar-refractivity contribution in [2.24, 2.45) is 0 Å². The summed E-state index contributed by atoms with van der Waals surface area (Å²) >= 11 is 12.0. The molecule has 2 aromatic rings. The number of alkyl halides is 1. The molecule has 10 heteroatoms. The summed E-state index contributed by atoms with van der Waals surface area (Å²) in [4.78, 5) is 16.9. The maximum Gasteiger partial charge on any atom is 0.262 e. The fraction of sp³-hybridized carbons (Fsp3) is 0.400. The van der Waals surface area contributed by atoms with Crippen molar-refractivity contribution in [2.75, 3.05) is 18.1 Å². The van der Waals surface area contributed by atoms with E-state index in [0.717, 1.165) is 0 Å². The van der Waals surface area contributed by atoms with E-state index in [4.69, 9.17) is 28.3 Å². The molecule has 1 aliphatic rings. The molecule has 1 aromatic heterocycles. The van der Waals surface area contributed by atoms with Crippen LogP contribution in [0.2, 0.25) is 10.0 Å². The normalized spacial score (nSPS) is 24.2. The molecule has 3 N–H and O–H groups in total. The van der Waals surface area contributed by atoms with Gasteiger partial charge in [-0.1, -0.05) is 35.3 Å². The number of hydrogen-bond donors (Lipinski definition) is 3. The van der Waals surface area contributed by atoms with Crippen molar-refractivity contribution in [3.63, 3.8) is 0 Å². The zero-order valence-corrected chi connectivity index (χ0v) is 18.2. The van der Waals surface area contributed by atoms with Gasteiger partial charge in [0.15, 0.2) is 0 Å². The molecule has 1 amide bonds. The predicted octanol–water partition coefficient (Wildman–Crippen LogP) is 2.59. The first-order chi connectivity index (χ1) is 14.2. The van der Waals surface area contributed by atoms with Crippen LogP contribution in [0.3, 0.4) is 0 Å². The van der Waals surface area contributed by atoms with Crippen LogP contribution in [0, 0.1) is 0 Å². The smallest absolute Gasteiger partial charge is 0.262 e. The minimum absolute atomic E-state index is 0.000879. The van der Waals surface area contributed by atoms with E-state index in [9.17, 15) is 14.1 Å². The third kappa shape index (κ3) is 4.68. The second-order valence-corrected chi connectivity index (χ2v) is 9.58. The lowest BCUT2D eigenvalue weighted by molar-refractivity contribution is -0.136. The van der Waals surface area contributed by atoms with Gasteiger partial charge in [0.25, 0.3) is 5.91 Å². The van der Waals surface area contributed by atoms with Gasteiger partial charge >= 0.3 is 0 Å². The summed E-state index contributed by atoms with van der Waals surface area (Å²) in [5.41, 5.74) is -3.54. The summed E-state index contributed by atoms with van der Waals surface area (Å²) < 4.78 is 28.0. The van der Waals surface area contributed by atoms with Gasteiger partial charge in [-0.3, -0.25) is 14.0 Å². The molecule has 0 fully saturated rings. The van der Waals surface area contributed by atoms with E-state index in [1.54, 1.807) is 12.1 Å². The molecule has 0 spiro atoms. The van der Waals surface area contributed by atoms with E-state index in [1.807, 2.05) is 0 Å². The molecule has 0 saturated heterocycles. The number of hydrogen-bond acceptors (Lipinski definition) is 5. The first kappa shape index (κ1) is 23.1. The van der Waals surface area contributed by atoms with Gasteiger partial charge in [0, 0.05) is 44.9 Å². The summed E-state index contributed by atoms with van der Waals surface area (Å²) in [6.45, 7) is -0.290. The molecule has 6 nitrogen and oxygen atoms in total. The highest BCUT2D eigenvalue weighted by molar-refractivity contribution is 7.85. The quantitative estimate of drug-likeness (QED) is 0.572. The molecule has 1 aromatic carbocycles. The summed E-state index contributed by atoms with van der Waals surface area (Å²) in [6, 6.07) is 7.67. The monoisotopic (exact) mass is 474 g/mol. The minimum atomic E-state index is -2.41. The van der Waals surface area contributed by atoms with Gasteiger partial charge in [-0.2, -0.15) is 0 Å². The number of aliphatic hydroxyl groups excluding tert-OH is 1. The van der Waals surface area contributed by atoms with Crippen molar-refractivity contribution in [3.8, 4) is 0 Å². The van der Waals surface area contributed by atoms with Crippen LogP contribution in [0.25, 0.3) is 0 Å². The fourth-order valence-corrected chi connectivity index (χ4v) is 5.16. The molecule has 0 radical (unpaired) electrons. The van der Waals surface area contributed by atoms with Gasteiger partial charge in [0.05, 0.1) is 18.1 Å². The highest BCUT2D eigenvalue weighted by Gasteiger charge is 2.52. The van der Waals surface area contributed by atoms with Crippen LogP contribution < -0.4 is 5.32 Å². The molecule has 162 valence electrons. The Bertz CT molecular complexity index is 980. The third-order valence-electron chi connectivity index (χ3n) is 5.09. The lowest BCUT2D eigenvalue weighted by Gasteiger charge is -2.39. The SMILES string of the molecule is O=C(NCc1ccc(Cl)cc1Cl)[C@]1(F)CC[C@@](O)(CS(=O)CCO)c2ncccc21. The number of fused-ring (bicyclic) bond motifs is 1. The molecule has 30 heavy (non-hydrogen) atoms. The average molecular weight is 475 g/mol. The highest BCUT2D eigenvalue weighted by Crippen LogP contribution is 2.45. The van der Waals surface area contributed by atoms with Crippen LogP contribution in [0.5, 0.6) is 0 Å². The summed E-state index contributed by atoms with van der Waals surface area (Å²) in [5, 5.41) is 23.4. The number of carbonyl (C=O) groups is 1. The van der Waals surface area contributed by atoms with Crippen molar-refractivity contribution in [1.82, 2.24) is 10.3 Å². The number of amides is 1. The minimum Gasteiger partial charge on any atom is -0.395 e. The first-order valence-corrected chi connectivity index (χ1v) is 11.5. The number of aromatic nitrogens is 1. The average Bonchev–Trinajstić information content (AvgIpc) is 2.70. The standard InChI is InChI=1S/C20H21Cl2FN2O4S/c21-14-4-3-13(16(22)10-14)11-25-18(27)20(23)6-5-19(28,12-30(29)9-8-26)17-15(20)2-1-7-24-17/h1-4,7,10,26,28H,5-6,8-9,11-12H2,(H,25,27)/t19-,20+,30?/m1/s1. The summed E-state index contributed by atoms with van der Waals surface area (Å²) in [6.07, 6.45) is 0.939. The van der Waals surface area contributed by atoms with Gasteiger partial charge in [0.1, 0.15) is 5.60 Å². The fourth-order valence-electron chi connectivity index (χ4n) is 3.53. The van der Waals surface area contributed by atoms with Crippen molar-refractivity contribution in [1.29, 1.82) is 0 Å². The number of pyridine rings is 1. The Labute approximate surface area is 185 Å². The van der Waals surface area contributed by atoms with Gasteiger partial charge in [0.2, 0.25) is 5.67 Å². The molecule has 1 heterocycles. The maximum absolute atomic E-state index is 15.9. The molecule has 0 aliphatic heterocycles. The van der Waals surface area contributed by atoms with E-state index < -0.39 is 28.0 Å². The van der Waals surface area contributed by atoms with E-state index in [0.29, 0.717) is 15.6 Å². The Balaban J connectivity index is 1.84. The maximum atomic E-state index is 15.9. The summed E-state index contributed by atoms with van der Waals surface area (Å²) in [5.74, 6) is -1.08. The Morgan fingerprint density at radius 3 is 2.77 bits per heavy atom. The largest absolute Gasteiger partial charge is 0.395 e. The Kier molecular flexibility index (Phi) is 7.14. The third-order valence-corrected chi connectivity index (χ3v) is 7.12. The molecule has 0 saturated carbocycles. The van der Waals surface area contributed by atoms with E-state index in [-0.39, 0.29) is 48.8 Å². The second kappa shape index (κ2) is 9.28.